The molecule has 0 atom stereocenters. The smallest absolute Gasteiger partial charge is 0.257 e. The van der Waals surface area contributed by atoms with E-state index in [2.05, 4.69) is 9.97 Å². The standard InChI is InChI=1S/C11H10N2O/c14-11-8-3-4-9(7-1-2-7)13-10(8)5-6-12-11/h3-7H,1-2H2,(H,12,14). The summed E-state index contributed by atoms with van der Waals surface area (Å²) in [5.74, 6) is 0.638. The molecule has 1 N–H and O–H groups in total. The van der Waals surface area contributed by atoms with Crippen molar-refractivity contribution in [2.24, 2.45) is 0 Å². The Morgan fingerprint density at radius 3 is 2.93 bits per heavy atom. The molecule has 0 bridgehead atoms. The molecule has 2 aromatic rings. The molecule has 0 radical (unpaired) electrons. The fourth-order valence-electron chi connectivity index (χ4n) is 1.69. The van der Waals surface area contributed by atoms with E-state index in [1.807, 2.05) is 18.2 Å². The van der Waals surface area contributed by atoms with Gasteiger partial charge < -0.3 is 4.98 Å². The van der Waals surface area contributed by atoms with Crippen LogP contribution in [0.15, 0.2) is 29.2 Å². The van der Waals surface area contributed by atoms with Crippen LogP contribution in [0.4, 0.5) is 0 Å². The van der Waals surface area contributed by atoms with Gasteiger partial charge in [0.2, 0.25) is 0 Å². The van der Waals surface area contributed by atoms with Gasteiger partial charge in [-0.15, -0.1) is 0 Å². The number of nitrogens with one attached hydrogen (secondary N) is 1. The SMILES string of the molecule is O=c1[nH]ccc2nc(C3CC3)ccc12. The van der Waals surface area contributed by atoms with E-state index in [1.54, 1.807) is 6.20 Å². The summed E-state index contributed by atoms with van der Waals surface area (Å²) in [6.45, 7) is 0. The van der Waals surface area contributed by atoms with Gasteiger partial charge in [-0.25, -0.2) is 0 Å². The minimum atomic E-state index is -0.0580. The summed E-state index contributed by atoms with van der Waals surface area (Å²) >= 11 is 0. The highest BCUT2D eigenvalue weighted by atomic mass is 16.1. The molecule has 0 aliphatic heterocycles. The van der Waals surface area contributed by atoms with E-state index < -0.39 is 0 Å². The fraction of sp³-hybridized carbons (Fsp3) is 0.273. The Hall–Kier alpha value is -1.64. The van der Waals surface area contributed by atoms with Gasteiger partial charge in [0.05, 0.1) is 10.9 Å². The minimum absolute atomic E-state index is 0.0580. The lowest BCUT2D eigenvalue weighted by atomic mass is 10.2. The maximum Gasteiger partial charge on any atom is 0.257 e. The van der Waals surface area contributed by atoms with Crippen LogP contribution in [-0.2, 0) is 0 Å². The summed E-state index contributed by atoms with van der Waals surface area (Å²) < 4.78 is 0. The third-order valence-electron chi connectivity index (χ3n) is 2.64. The molecule has 3 heteroatoms. The van der Waals surface area contributed by atoms with Crippen LogP contribution < -0.4 is 5.56 Å². The summed E-state index contributed by atoms with van der Waals surface area (Å²) in [6, 6.07) is 5.69. The van der Waals surface area contributed by atoms with Crippen molar-refractivity contribution in [2.75, 3.05) is 0 Å². The number of H-pyrrole nitrogens is 1. The van der Waals surface area contributed by atoms with Gasteiger partial charge in [0, 0.05) is 17.8 Å². The van der Waals surface area contributed by atoms with Crippen molar-refractivity contribution in [3.8, 4) is 0 Å². The lowest BCUT2D eigenvalue weighted by molar-refractivity contribution is 1.04. The summed E-state index contributed by atoms with van der Waals surface area (Å²) in [7, 11) is 0. The first kappa shape index (κ1) is 7.74. The van der Waals surface area contributed by atoms with Crippen LogP contribution in [0, 0.1) is 0 Å². The highest BCUT2D eigenvalue weighted by molar-refractivity contribution is 5.77. The highest BCUT2D eigenvalue weighted by Gasteiger charge is 2.24. The highest BCUT2D eigenvalue weighted by Crippen LogP contribution is 2.39. The number of hydrogen-bond donors (Lipinski definition) is 1. The Morgan fingerprint density at radius 1 is 1.29 bits per heavy atom. The van der Waals surface area contributed by atoms with Crippen LogP contribution in [0.3, 0.4) is 0 Å². The van der Waals surface area contributed by atoms with Crippen LogP contribution in [0.25, 0.3) is 10.9 Å². The van der Waals surface area contributed by atoms with Crippen molar-refractivity contribution < 1.29 is 0 Å². The molecule has 0 spiro atoms. The van der Waals surface area contributed by atoms with Gasteiger partial charge in [-0.1, -0.05) is 0 Å². The van der Waals surface area contributed by atoms with Crippen LogP contribution in [0.2, 0.25) is 0 Å². The molecule has 1 aliphatic rings. The maximum atomic E-state index is 11.4. The zero-order valence-corrected chi connectivity index (χ0v) is 7.66. The van der Waals surface area contributed by atoms with E-state index in [0.29, 0.717) is 11.3 Å². The molecule has 3 rings (SSSR count). The van der Waals surface area contributed by atoms with Crippen molar-refractivity contribution in [1.82, 2.24) is 9.97 Å². The van der Waals surface area contributed by atoms with Crippen LogP contribution in [0.1, 0.15) is 24.5 Å². The van der Waals surface area contributed by atoms with Gasteiger partial charge in [0.15, 0.2) is 0 Å². The van der Waals surface area contributed by atoms with E-state index in [-0.39, 0.29) is 5.56 Å². The van der Waals surface area contributed by atoms with E-state index >= 15 is 0 Å². The van der Waals surface area contributed by atoms with Crippen molar-refractivity contribution in [2.45, 2.75) is 18.8 Å². The third kappa shape index (κ3) is 1.13. The Morgan fingerprint density at radius 2 is 2.14 bits per heavy atom. The van der Waals surface area contributed by atoms with Gasteiger partial charge >= 0.3 is 0 Å². The number of pyridine rings is 2. The van der Waals surface area contributed by atoms with Gasteiger partial charge in [0.25, 0.3) is 5.56 Å². The zero-order chi connectivity index (χ0) is 9.54. The molecule has 2 aromatic heterocycles. The molecule has 1 aliphatic carbocycles. The molecule has 0 saturated heterocycles. The number of nitrogens with zero attached hydrogens (tertiary/aromatic N) is 1. The monoisotopic (exact) mass is 186 g/mol. The van der Waals surface area contributed by atoms with E-state index in [9.17, 15) is 4.79 Å². The average molecular weight is 186 g/mol. The zero-order valence-electron chi connectivity index (χ0n) is 7.66. The molecule has 3 nitrogen and oxygen atoms in total. The minimum Gasteiger partial charge on any atom is -0.328 e. The van der Waals surface area contributed by atoms with E-state index in [0.717, 1.165) is 11.2 Å². The molecule has 0 amide bonds. The second kappa shape index (κ2) is 2.67. The number of fused-ring (bicyclic) bond motifs is 1. The van der Waals surface area contributed by atoms with Gasteiger partial charge in [-0.05, 0) is 31.0 Å². The molecular formula is C11H10N2O. The van der Waals surface area contributed by atoms with Gasteiger partial charge in [0.1, 0.15) is 0 Å². The molecule has 0 unspecified atom stereocenters. The molecule has 0 aromatic carbocycles. The van der Waals surface area contributed by atoms with Gasteiger partial charge in [-0.3, -0.25) is 9.78 Å². The summed E-state index contributed by atoms with van der Waals surface area (Å²) in [5, 5.41) is 0.678. The second-order valence-corrected chi connectivity index (χ2v) is 3.75. The number of rotatable bonds is 1. The molecule has 1 fully saturated rings. The predicted molar refractivity (Wildman–Crippen MR) is 54.3 cm³/mol. The number of hydrogen-bond acceptors (Lipinski definition) is 2. The largest absolute Gasteiger partial charge is 0.328 e. The lowest BCUT2D eigenvalue weighted by Crippen LogP contribution is -2.05. The van der Waals surface area contributed by atoms with Crippen molar-refractivity contribution in [1.29, 1.82) is 0 Å². The molecule has 1 saturated carbocycles. The fourth-order valence-corrected chi connectivity index (χ4v) is 1.69. The molecular weight excluding hydrogens is 176 g/mol. The van der Waals surface area contributed by atoms with Crippen LogP contribution in [-0.4, -0.2) is 9.97 Å². The lowest BCUT2D eigenvalue weighted by Gasteiger charge is -1.99. The Balaban J connectivity index is 2.28. The van der Waals surface area contributed by atoms with Crippen molar-refractivity contribution >= 4 is 10.9 Å². The first-order valence-electron chi connectivity index (χ1n) is 4.83. The van der Waals surface area contributed by atoms with Gasteiger partial charge in [-0.2, -0.15) is 0 Å². The first-order valence-corrected chi connectivity index (χ1v) is 4.83. The first-order chi connectivity index (χ1) is 6.84. The van der Waals surface area contributed by atoms with Crippen molar-refractivity contribution in [3.63, 3.8) is 0 Å². The van der Waals surface area contributed by atoms with Crippen LogP contribution in [0.5, 0.6) is 0 Å². The Bertz CT molecular complexity index is 540. The van der Waals surface area contributed by atoms with Crippen LogP contribution >= 0.6 is 0 Å². The summed E-state index contributed by atoms with van der Waals surface area (Å²) in [4.78, 5) is 18.5. The number of aromatic nitrogens is 2. The topological polar surface area (TPSA) is 45.8 Å². The third-order valence-corrected chi connectivity index (χ3v) is 2.64. The summed E-state index contributed by atoms with van der Waals surface area (Å²) in [5.41, 5.74) is 1.87. The predicted octanol–water partition coefficient (Wildman–Crippen LogP) is 1.80. The average Bonchev–Trinajstić information content (AvgIpc) is 3.01. The molecule has 14 heavy (non-hydrogen) atoms. The maximum absolute atomic E-state index is 11.4. The Kier molecular flexibility index (Phi) is 1.48. The van der Waals surface area contributed by atoms with E-state index in [1.165, 1.54) is 12.8 Å². The van der Waals surface area contributed by atoms with Crippen molar-refractivity contribution in [3.05, 3.63) is 40.4 Å². The molecule has 2 heterocycles. The second-order valence-electron chi connectivity index (χ2n) is 3.75. The summed E-state index contributed by atoms with van der Waals surface area (Å²) in [6.07, 6.45) is 4.12. The molecule has 70 valence electrons. The van der Waals surface area contributed by atoms with E-state index in [4.69, 9.17) is 0 Å². The normalized spacial score (nSPS) is 16.0. The quantitative estimate of drug-likeness (QED) is 0.738. The number of aromatic amines is 1. The Labute approximate surface area is 80.8 Å².